The van der Waals surface area contributed by atoms with E-state index in [0.717, 1.165) is 17.3 Å². The van der Waals surface area contributed by atoms with Crippen LogP contribution in [0.1, 0.15) is 15.9 Å². The number of pyridine rings is 1. The van der Waals surface area contributed by atoms with Crippen LogP contribution in [0.5, 0.6) is 0 Å². The summed E-state index contributed by atoms with van der Waals surface area (Å²) in [7, 11) is 0. The van der Waals surface area contributed by atoms with Crippen molar-refractivity contribution in [2.24, 2.45) is 0 Å². The van der Waals surface area contributed by atoms with Gasteiger partial charge in [-0.05, 0) is 41.6 Å². The Morgan fingerprint density at radius 2 is 1.86 bits per heavy atom. The molecule has 0 saturated heterocycles. The Hall–Kier alpha value is -0.214. The zero-order chi connectivity index (χ0) is 14.5. The predicted molar refractivity (Wildman–Crippen MR) is 74.6 cm³/mol. The summed E-state index contributed by atoms with van der Waals surface area (Å²) in [5.41, 5.74) is 0.722. The van der Waals surface area contributed by atoms with Gasteiger partial charge in [0.25, 0.3) is 0 Å². The fourth-order valence-electron chi connectivity index (χ4n) is 1.54. The molecule has 0 fully saturated rings. The average molecular weight is 346 g/mol. The zero-order valence-corrected chi connectivity index (χ0v) is 15.9. The van der Waals surface area contributed by atoms with Crippen LogP contribution in [0, 0.1) is 0 Å². The third-order valence-electron chi connectivity index (χ3n) is 2.46. The molecule has 4 nitrogen and oxygen atoms in total. The topological polar surface area (TPSA) is 70.1 Å². The van der Waals surface area contributed by atoms with E-state index in [1.54, 1.807) is 24.3 Å². The van der Waals surface area contributed by atoms with Crippen LogP contribution in [0.15, 0.2) is 47.6 Å². The van der Waals surface area contributed by atoms with E-state index in [0.29, 0.717) is 5.02 Å². The van der Waals surface area contributed by atoms with Crippen LogP contribution in [-0.4, -0.2) is 16.1 Å². The maximum atomic E-state index is 11.9. The molecular formula is C14H9ClKNO3S. The largest absolute Gasteiger partial charge is 1.00 e. The Morgan fingerprint density at radius 1 is 1.19 bits per heavy atom. The minimum Gasteiger partial charge on any atom is -0.545 e. The van der Waals surface area contributed by atoms with E-state index in [1.165, 1.54) is 18.3 Å². The van der Waals surface area contributed by atoms with Crippen LogP contribution < -0.4 is 56.5 Å². The minimum atomic E-state index is -1.35. The number of carbonyl (C=O) groups is 2. The van der Waals surface area contributed by atoms with Crippen molar-refractivity contribution in [2.75, 3.05) is 0 Å². The summed E-state index contributed by atoms with van der Waals surface area (Å²) in [5.74, 6) is -1.35. The Kier molecular flexibility index (Phi) is 8.11. The van der Waals surface area contributed by atoms with Gasteiger partial charge in [0, 0.05) is 23.2 Å². The van der Waals surface area contributed by atoms with Crippen LogP contribution in [0.4, 0.5) is 0 Å². The van der Waals surface area contributed by atoms with Crippen LogP contribution >= 0.6 is 23.4 Å². The number of carboxylic acid groups (broad SMARTS) is 1. The van der Waals surface area contributed by atoms with Crippen molar-refractivity contribution in [1.29, 1.82) is 0 Å². The molecule has 0 N–H and O–H groups in total. The van der Waals surface area contributed by atoms with Crippen molar-refractivity contribution >= 4 is 34.4 Å². The van der Waals surface area contributed by atoms with Crippen molar-refractivity contribution < 1.29 is 66.1 Å². The molecule has 0 unspecified atom stereocenters. The monoisotopic (exact) mass is 345 g/mol. The summed E-state index contributed by atoms with van der Waals surface area (Å²) in [5, 5.41) is 11.4. The fraction of sp³-hybridized carbons (Fsp3) is 0.0714. The molecule has 0 amide bonds. The molecule has 1 heterocycles. The van der Waals surface area contributed by atoms with Crippen molar-refractivity contribution in [1.82, 2.24) is 4.98 Å². The van der Waals surface area contributed by atoms with Crippen molar-refractivity contribution in [3.63, 3.8) is 0 Å². The van der Waals surface area contributed by atoms with Gasteiger partial charge < -0.3 is 9.90 Å². The molecule has 0 aliphatic carbocycles. The summed E-state index contributed by atoms with van der Waals surface area (Å²) < 4.78 is 0. The normalized spacial score (nSPS) is 9.76. The first-order valence-corrected chi connectivity index (χ1v) is 6.87. The molecule has 7 heteroatoms. The maximum absolute atomic E-state index is 11.9. The minimum absolute atomic E-state index is 0. The van der Waals surface area contributed by atoms with Gasteiger partial charge in [0.05, 0.1) is 5.97 Å². The van der Waals surface area contributed by atoms with Crippen molar-refractivity contribution in [3.8, 4) is 0 Å². The van der Waals surface area contributed by atoms with Crippen molar-refractivity contribution in [3.05, 3.63) is 58.7 Å². The summed E-state index contributed by atoms with van der Waals surface area (Å²) >= 11 is 6.55. The second-order valence-electron chi connectivity index (χ2n) is 3.92. The number of nitrogens with zero attached hydrogens (tertiary/aromatic N) is 1. The second kappa shape index (κ2) is 9.04. The molecule has 102 valence electrons. The second-order valence-corrected chi connectivity index (χ2v) is 5.40. The molecule has 1 aromatic heterocycles. The van der Waals surface area contributed by atoms with Gasteiger partial charge in [-0.2, -0.15) is 0 Å². The van der Waals surface area contributed by atoms with Crippen LogP contribution in [0.2, 0.25) is 5.02 Å². The first kappa shape index (κ1) is 18.8. The molecule has 0 aliphatic heterocycles. The van der Waals surface area contributed by atoms with E-state index in [2.05, 4.69) is 4.98 Å². The van der Waals surface area contributed by atoms with Gasteiger partial charge in [0.1, 0.15) is 5.03 Å². The number of thioether (sulfide) groups is 1. The number of benzene rings is 1. The molecule has 0 spiro atoms. The molecule has 0 bridgehead atoms. The number of aromatic carboxylic acids is 1. The van der Waals surface area contributed by atoms with Gasteiger partial charge in [-0.3, -0.25) is 4.79 Å². The van der Waals surface area contributed by atoms with Gasteiger partial charge in [-0.25, -0.2) is 4.98 Å². The Morgan fingerprint density at radius 3 is 2.48 bits per heavy atom. The quantitative estimate of drug-likeness (QED) is 0.523. The van der Waals surface area contributed by atoms with E-state index >= 15 is 0 Å². The molecule has 0 radical (unpaired) electrons. The predicted octanol–water partition coefficient (Wildman–Crippen LogP) is -1.04. The number of hydrogen-bond acceptors (Lipinski definition) is 5. The zero-order valence-electron chi connectivity index (χ0n) is 11.2. The molecule has 21 heavy (non-hydrogen) atoms. The van der Waals surface area contributed by atoms with E-state index in [-0.39, 0.29) is 73.5 Å². The molecule has 1 aromatic carbocycles. The third kappa shape index (κ3) is 5.82. The Balaban J connectivity index is 0.00000220. The molecule has 0 saturated carbocycles. The van der Waals surface area contributed by atoms with E-state index < -0.39 is 5.97 Å². The molecule has 2 aromatic rings. The Bertz CT molecular complexity index is 649. The fourth-order valence-corrected chi connectivity index (χ4v) is 2.50. The van der Waals surface area contributed by atoms with E-state index in [4.69, 9.17) is 11.6 Å². The average Bonchev–Trinajstić information content (AvgIpc) is 2.41. The first-order valence-electron chi connectivity index (χ1n) is 5.68. The smallest absolute Gasteiger partial charge is 0.545 e. The first-order chi connectivity index (χ1) is 9.56. The molecule has 0 aliphatic rings. The maximum Gasteiger partial charge on any atom is 1.00 e. The molecule has 2 rings (SSSR count). The number of aromatic nitrogens is 1. The molecule has 0 atom stereocenters. The van der Waals surface area contributed by atoms with Gasteiger partial charge in [0.2, 0.25) is 0 Å². The number of rotatable bonds is 4. The van der Waals surface area contributed by atoms with Gasteiger partial charge in [-0.1, -0.05) is 23.7 Å². The summed E-state index contributed by atoms with van der Waals surface area (Å²) in [6.45, 7) is 0. The number of carbonyl (C=O) groups excluding carboxylic acids is 2. The van der Waals surface area contributed by atoms with Crippen LogP contribution in [0.25, 0.3) is 0 Å². The number of hydrogen-bond donors (Lipinski definition) is 0. The Labute approximate surface area is 173 Å². The summed E-state index contributed by atoms with van der Waals surface area (Å²) in [4.78, 5) is 26.7. The summed E-state index contributed by atoms with van der Waals surface area (Å²) in [6, 6.07) is 9.74. The third-order valence-corrected chi connectivity index (χ3v) is 3.61. The molecular weight excluding hydrogens is 337 g/mol. The van der Waals surface area contributed by atoms with Gasteiger partial charge in [-0.15, -0.1) is 0 Å². The van der Waals surface area contributed by atoms with Gasteiger partial charge >= 0.3 is 51.4 Å². The summed E-state index contributed by atoms with van der Waals surface area (Å²) in [6.07, 6.45) is 1.61. The number of carboxylic acids is 1. The van der Waals surface area contributed by atoms with E-state index in [9.17, 15) is 14.7 Å². The number of halogens is 1. The van der Waals surface area contributed by atoms with Crippen LogP contribution in [-0.2, 0) is 11.2 Å². The van der Waals surface area contributed by atoms with Crippen LogP contribution in [0.3, 0.4) is 0 Å². The SMILES string of the molecule is O=C(Cc1ccc(Cl)cc1)Sc1ncccc1C(=O)[O-].[K+]. The van der Waals surface area contributed by atoms with Crippen molar-refractivity contribution in [2.45, 2.75) is 11.4 Å². The standard InChI is InChI=1S/C14H10ClNO3S.K/c15-10-5-3-9(4-6-10)8-12(17)20-13-11(14(18)19)2-1-7-16-13;/h1-7H,8H2,(H,18,19);/q;+1/p-1. The van der Waals surface area contributed by atoms with Gasteiger partial charge in [0.15, 0.2) is 5.12 Å². The van der Waals surface area contributed by atoms with E-state index in [1.807, 2.05) is 0 Å².